The van der Waals surface area contributed by atoms with Gasteiger partial charge in [-0.3, -0.25) is 14.2 Å². The Morgan fingerprint density at radius 3 is 2.57 bits per heavy atom. The van der Waals surface area contributed by atoms with E-state index in [-0.39, 0.29) is 5.91 Å². The van der Waals surface area contributed by atoms with Crippen LogP contribution in [0.5, 0.6) is 0 Å². The standard InChI is InChI=1S/C20H25N7O/c1-15-13-26(24-22-15)9-2-3-10-27-14-19(23-25-27)20(28)21-12-16-5-4-6-18(11-16)17-7-8-17/h4-6,11,13-14,17H,2-3,7-10,12H2,1H3,(H,21,28). The van der Waals surface area contributed by atoms with Gasteiger partial charge in [-0.25, -0.2) is 0 Å². The van der Waals surface area contributed by atoms with Gasteiger partial charge >= 0.3 is 0 Å². The Morgan fingerprint density at radius 1 is 1.11 bits per heavy atom. The highest BCUT2D eigenvalue weighted by atomic mass is 16.2. The van der Waals surface area contributed by atoms with E-state index in [0.29, 0.717) is 18.2 Å². The first-order valence-corrected chi connectivity index (χ1v) is 9.81. The van der Waals surface area contributed by atoms with Gasteiger partial charge in [0.2, 0.25) is 0 Å². The zero-order valence-electron chi connectivity index (χ0n) is 16.1. The second-order valence-electron chi connectivity index (χ2n) is 7.40. The molecule has 1 aliphatic carbocycles. The van der Waals surface area contributed by atoms with Crippen molar-refractivity contribution < 1.29 is 4.79 Å². The summed E-state index contributed by atoms with van der Waals surface area (Å²) in [5, 5.41) is 19.0. The first kappa shape index (κ1) is 18.3. The Labute approximate surface area is 163 Å². The third-order valence-corrected chi connectivity index (χ3v) is 4.90. The van der Waals surface area contributed by atoms with Crippen molar-refractivity contribution in [2.45, 2.75) is 58.2 Å². The van der Waals surface area contributed by atoms with Gasteiger partial charge in [-0.1, -0.05) is 34.7 Å². The average Bonchev–Trinajstić information content (AvgIpc) is 3.31. The maximum Gasteiger partial charge on any atom is 0.273 e. The van der Waals surface area contributed by atoms with E-state index in [4.69, 9.17) is 0 Å². The molecule has 146 valence electrons. The molecule has 0 spiro atoms. The van der Waals surface area contributed by atoms with Gasteiger partial charge in [0, 0.05) is 25.8 Å². The van der Waals surface area contributed by atoms with Gasteiger partial charge in [0.15, 0.2) is 5.69 Å². The van der Waals surface area contributed by atoms with Crippen LogP contribution in [0.25, 0.3) is 0 Å². The second-order valence-corrected chi connectivity index (χ2v) is 7.40. The van der Waals surface area contributed by atoms with Gasteiger partial charge in [-0.15, -0.1) is 10.2 Å². The van der Waals surface area contributed by atoms with Gasteiger partial charge in [0.25, 0.3) is 5.91 Å². The van der Waals surface area contributed by atoms with Crippen LogP contribution in [0, 0.1) is 6.92 Å². The summed E-state index contributed by atoms with van der Waals surface area (Å²) in [6, 6.07) is 8.45. The number of nitrogens with zero attached hydrogens (tertiary/aromatic N) is 6. The molecule has 3 aromatic rings. The number of benzene rings is 1. The fourth-order valence-electron chi connectivity index (χ4n) is 3.21. The van der Waals surface area contributed by atoms with Crippen LogP contribution in [0.2, 0.25) is 0 Å². The molecule has 1 saturated carbocycles. The van der Waals surface area contributed by atoms with Gasteiger partial charge < -0.3 is 5.32 Å². The average molecular weight is 379 g/mol. The van der Waals surface area contributed by atoms with E-state index >= 15 is 0 Å². The van der Waals surface area contributed by atoms with Crippen molar-refractivity contribution >= 4 is 5.91 Å². The van der Waals surface area contributed by atoms with Crippen LogP contribution in [-0.2, 0) is 19.6 Å². The van der Waals surface area contributed by atoms with E-state index < -0.39 is 0 Å². The molecule has 0 unspecified atom stereocenters. The molecule has 4 rings (SSSR count). The van der Waals surface area contributed by atoms with Crippen LogP contribution in [0.15, 0.2) is 36.7 Å². The number of hydrogen-bond donors (Lipinski definition) is 1. The molecule has 1 fully saturated rings. The minimum Gasteiger partial charge on any atom is -0.347 e. The van der Waals surface area contributed by atoms with E-state index in [1.807, 2.05) is 23.9 Å². The Bertz CT molecular complexity index is 941. The summed E-state index contributed by atoms with van der Waals surface area (Å²) in [7, 11) is 0. The summed E-state index contributed by atoms with van der Waals surface area (Å²) >= 11 is 0. The minimum absolute atomic E-state index is 0.193. The number of unbranched alkanes of at least 4 members (excludes halogenated alkanes) is 1. The zero-order valence-corrected chi connectivity index (χ0v) is 16.1. The van der Waals surface area contributed by atoms with Crippen LogP contribution in [0.4, 0.5) is 0 Å². The van der Waals surface area contributed by atoms with Crippen molar-refractivity contribution in [3.8, 4) is 0 Å². The van der Waals surface area contributed by atoms with Gasteiger partial charge in [-0.05, 0) is 49.7 Å². The third kappa shape index (κ3) is 4.82. The highest BCUT2D eigenvalue weighted by Gasteiger charge is 2.23. The molecule has 0 bridgehead atoms. The smallest absolute Gasteiger partial charge is 0.273 e. The highest BCUT2D eigenvalue weighted by Crippen LogP contribution is 2.40. The first-order valence-electron chi connectivity index (χ1n) is 9.81. The first-order chi connectivity index (χ1) is 13.7. The lowest BCUT2D eigenvalue weighted by molar-refractivity contribution is 0.0946. The Hall–Kier alpha value is -3.03. The molecule has 28 heavy (non-hydrogen) atoms. The molecule has 2 heterocycles. The molecule has 1 amide bonds. The highest BCUT2D eigenvalue weighted by molar-refractivity contribution is 5.91. The lowest BCUT2D eigenvalue weighted by atomic mass is 10.1. The normalized spacial score (nSPS) is 13.6. The molecule has 8 heteroatoms. The number of carbonyl (C=O) groups excluding carboxylic acids is 1. The van der Waals surface area contributed by atoms with E-state index in [0.717, 1.165) is 37.2 Å². The van der Waals surface area contributed by atoms with Crippen molar-refractivity contribution in [2.75, 3.05) is 0 Å². The summed E-state index contributed by atoms with van der Waals surface area (Å²) in [5.41, 5.74) is 3.77. The van der Waals surface area contributed by atoms with E-state index in [1.54, 1.807) is 10.9 Å². The molecule has 1 aromatic carbocycles. The molecule has 2 aromatic heterocycles. The van der Waals surface area contributed by atoms with E-state index in [2.05, 4.69) is 44.1 Å². The number of aromatic nitrogens is 6. The third-order valence-electron chi connectivity index (χ3n) is 4.90. The molecular weight excluding hydrogens is 354 g/mol. The Balaban J connectivity index is 1.22. The number of aryl methyl sites for hydroxylation is 3. The predicted octanol–water partition coefficient (Wildman–Crippen LogP) is 2.47. The summed E-state index contributed by atoms with van der Waals surface area (Å²) in [5.74, 6) is 0.519. The number of carbonyl (C=O) groups is 1. The van der Waals surface area contributed by atoms with Crippen LogP contribution in [-0.4, -0.2) is 35.9 Å². The fraction of sp³-hybridized carbons (Fsp3) is 0.450. The summed E-state index contributed by atoms with van der Waals surface area (Å²) in [6.07, 6.45) is 8.07. The number of hydrogen-bond acceptors (Lipinski definition) is 5. The van der Waals surface area contributed by atoms with Crippen molar-refractivity contribution in [2.24, 2.45) is 0 Å². The molecule has 0 saturated heterocycles. The molecular formula is C20H25N7O. The van der Waals surface area contributed by atoms with E-state index in [9.17, 15) is 4.79 Å². The van der Waals surface area contributed by atoms with Gasteiger partial charge in [0.05, 0.1) is 11.9 Å². The SMILES string of the molecule is Cc1cn(CCCCn2cc(C(=O)NCc3cccc(C4CC4)c3)nn2)nn1. The fourth-order valence-corrected chi connectivity index (χ4v) is 3.21. The van der Waals surface area contributed by atoms with Crippen LogP contribution in [0.1, 0.15) is 58.9 Å². The molecule has 8 nitrogen and oxygen atoms in total. The van der Waals surface area contributed by atoms with Crippen LogP contribution in [0.3, 0.4) is 0 Å². The van der Waals surface area contributed by atoms with Crippen molar-refractivity contribution in [1.29, 1.82) is 0 Å². The molecule has 0 radical (unpaired) electrons. The Kier molecular flexibility index (Phi) is 5.45. The van der Waals surface area contributed by atoms with Gasteiger partial charge in [-0.2, -0.15) is 0 Å². The lowest BCUT2D eigenvalue weighted by Crippen LogP contribution is -2.23. The van der Waals surface area contributed by atoms with Gasteiger partial charge in [0.1, 0.15) is 0 Å². The molecule has 0 aliphatic heterocycles. The molecule has 1 N–H and O–H groups in total. The largest absolute Gasteiger partial charge is 0.347 e. The minimum atomic E-state index is -0.193. The number of amides is 1. The second kappa shape index (κ2) is 8.33. The summed E-state index contributed by atoms with van der Waals surface area (Å²) in [4.78, 5) is 12.3. The predicted molar refractivity (Wildman–Crippen MR) is 104 cm³/mol. The monoisotopic (exact) mass is 379 g/mol. The van der Waals surface area contributed by atoms with Crippen molar-refractivity contribution in [3.05, 3.63) is 59.2 Å². The Morgan fingerprint density at radius 2 is 1.86 bits per heavy atom. The molecule has 1 aliphatic rings. The summed E-state index contributed by atoms with van der Waals surface area (Å²) in [6.45, 7) is 3.97. The van der Waals surface area contributed by atoms with Crippen molar-refractivity contribution in [3.63, 3.8) is 0 Å². The zero-order chi connectivity index (χ0) is 19.3. The molecule has 0 atom stereocenters. The van der Waals surface area contributed by atoms with Crippen LogP contribution < -0.4 is 5.32 Å². The summed E-state index contributed by atoms with van der Waals surface area (Å²) < 4.78 is 3.56. The maximum absolute atomic E-state index is 12.3. The van der Waals surface area contributed by atoms with E-state index in [1.165, 1.54) is 18.4 Å². The van der Waals surface area contributed by atoms with Crippen LogP contribution >= 0.6 is 0 Å². The lowest BCUT2D eigenvalue weighted by Gasteiger charge is -2.05. The maximum atomic E-state index is 12.3. The van der Waals surface area contributed by atoms with Crippen molar-refractivity contribution in [1.82, 2.24) is 35.3 Å². The quantitative estimate of drug-likeness (QED) is 0.577. The topological polar surface area (TPSA) is 90.5 Å². The number of nitrogens with one attached hydrogen (secondary N) is 1. The number of rotatable bonds is 9.